The van der Waals surface area contributed by atoms with Gasteiger partial charge in [0.25, 0.3) is 0 Å². The highest BCUT2D eigenvalue weighted by Gasteiger charge is 2.21. The van der Waals surface area contributed by atoms with Crippen LogP contribution in [0.2, 0.25) is 0 Å². The quantitative estimate of drug-likeness (QED) is 0.138. The molecule has 6 rings (SSSR count). The largest absolute Gasteiger partial charge is 0.0622 e. The van der Waals surface area contributed by atoms with Crippen LogP contribution in [0.4, 0.5) is 0 Å². The van der Waals surface area contributed by atoms with E-state index in [1.54, 1.807) is 0 Å². The molecule has 256 valence electrons. The fourth-order valence-electron chi connectivity index (χ4n) is 7.48. The summed E-state index contributed by atoms with van der Waals surface area (Å²) in [5, 5.41) is 0. The van der Waals surface area contributed by atoms with Crippen molar-refractivity contribution in [2.75, 3.05) is 0 Å². The third kappa shape index (κ3) is 8.72. The Morgan fingerprint density at radius 1 is 0.260 bits per heavy atom. The minimum Gasteiger partial charge on any atom is -0.0622 e. The first-order chi connectivity index (χ1) is 24.2. The Labute approximate surface area is 303 Å². The normalized spacial score (nSPS) is 13.6. The van der Waals surface area contributed by atoms with Crippen LogP contribution >= 0.6 is 0 Å². The van der Waals surface area contributed by atoms with Crippen LogP contribution < -0.4 is 0 Å². The molecule has 4 atom stereocenters. The lowest BCUT2D eigenvalue weighted by atomic mass is 9.79. The van der Waals surface area contributed by atoms with E-state index in [0.717, 1.165) is 0 Å². The molecule has 0 aliphatic carbocycles. The van der Waals surface area contributed by atoms with Gasteiger partial charge in [0.2, 0.25) is 0 Å². The van der Waals surface area contributed by atoms with Gasteiger partial charge in [-0.1, -0.05) is 213 Å². The molecule has 6 aromatic rings. The molecule has 4 unspecified atom stereocenters. The molecule has 50 heavy (non-hydrogen) atoms. The Hall–Kier alpha value is -4.68. The third-order valence-corrected chi connectivity index (χ3v) is 10.6. The highest BCUT2D eigenvalue weighted by molar-refractivity contribution is 5.48. The highest BCUT2D eigenvalue weighted by atomic mass is 14.3. The van der Waals surface area contributed by atoms with Gasteiger partial charge in [0.15, 0.2) is 0 Å². The lowest BCUT2D eigenvalue weighted by Crippen LogP contribution is -2.09. The monoisotopic (exact) mass is 656 g/mol. The molecule has 0 nitrogen and oxygen atoms in total. The smallest absolute Gasteiger partial charge is 0.00639 e. The van der Waals surface area contributed by atoms with Crippen molar-refractivity contribution in [3.8, 4) is 0 Å². The average Bonchev–Trinajstić information content (AvgIpc) is 3.17. The van der Waals surface area contributed by atoms with Crippen molar-refractivity contribution in [3.63, 3.8) is 0 Å². The standard InChI is InChI=1S/2C25H28/c1-18(2)25-23(19(3)21-12-7-5-8-13-21)16-11-17-24(25)20(4)22-14-9-6-10-15-22;1-18(2)24-16-15-23(19(3)21-11-7-5-8-12-21)17-25(24)20(4)22-13-9-6-10-14-22/h2*5-20H,1-4H3. The summed E-state index contributed by atoms with van der Waals surface area (Å²) in [6, 6.07) is 57.3. The molecule has 0 heterocycles. The van der Waals surface area contributed by atoms with Gasteiger partial charge < -0.3 is 0 Å². The fraction of sp³-hybridized carbons (Fsp3) is 0.280. The Morgan fingerprint density at radius 3 is 0.980 bits per heavy atom. The third-order valence-electron chi connectivity index (χ3n) is 10.6. The molecule has 0 aromatic heterocycles. The van der Waals surface area contributed by atoms with E-state index in [1.165, 1.54) is 55.6 Å². The van der Waals surface area contributed by atoms with Crippen molar-refractivity contribution in [3.05, 3.63) is 213 Å². The molecular formula is C50H56. The van der Waals surface area contributed by atoms with E-state index in [9.17, 15) is 0 Å². The molecule has 0 radical (unpaired) electrons. The molecule has 0 saturated carbocycles. The maximum Gasteiger partial charge on any atom is 0.00639 e. The zero-order valence-electron chi connectivity index (χ0n) is 31.5. The van der Waals surface area contributed by atoms with E-state index >= 15 is 0 Å². The number of rotatable bonds is 10. The summed E-state index contributed by atoms with van der Waals surface area (Å²) in [5.74, 6) is 2.65. The zero-order chi connectivity index (χ0) is 35.6. The second-order valence-corrected chi connectivity index (χ2v) is 14.6. The van der Waals surface area contributed by atoms with E-state index in [4.69, 9.17) is 0 Å². The van der Waals surface area contributed by atoms with Crippen LogP contribution in [0.15, 0.2) is 158 Å². The lowest BCUT2D eigenvalue weighted by Gasteiger charge is -2.25. The van der Waals surface area contributed by atoms with Crippen molar-refractivity contribution >= 4 is 0 Å². The average molecular weight is 657 g/mol. The van der Waals surface area contributed by atoms with Gasteiger partial charge in [-0.05, 0) is 67.5 Å². The minimum atomic E-state index is 0.404. The number of benzene rings is 6. The second kappa shape index (κ2) is 17.3. The molecule has 0 fully saturated rings. The van der Waals surface area contributed by atoms with Gasteiger partial charge in [0.05, 0.1) is 0 Å². The Balaban J connectivity index is 0.000000194. The van der Waals surface area contributed by atoms with Gasteiger partial charge >= 0.3 is 0 Å². The van der Waals surface area contributed by atoms with E-state index in [1.807, 2.05) is 0 Å². The molecule has 0 saturated heterocycles. The van der Waals surface area contributed by atoms with Gasteiger partial charge in [0.1, 0.15) is 0 Å². The van der Waals surface area contributed by atoms with Crippen LogP contribution in [0.3, 0.4) is 0 Å². The van der Waals surface area contributed by atoms with Gasteiger partial charge in [0, 0.05) is 23.7 Å². The number of hydrogen-bond donors (Lipinski definition) is 0. The summed E-state index contributed by atoms with van der Waals surface area (Å²) < 4.78 is 0. The highest BCUT2D eigenvalue weighted by Crippen LogP contribution is 2.38. The molecule has 0 aliphatic heterocycles. The van der Waals surface area contributed by atoms with Crippen LogP contribution in [0.1, 0.15) is 147 Å². The Kier molecular flexibility index (Phi) is 12.7. The van der Waals surface area contributed by atoms with Gasteiger partial charge in [-0.25, -0.2) is 0 Å². The Bertz CT molecular complexity index is 1760. The minimum absolute atomic E-state index is 0.404. The predicted octanol–water partition coefficient (Wildman–Crippen LogP) is 14.2. The van der Waals surface area contributed by atoms with E-state index in [-0.39, 0.29) is 0 Å². The van der Waals surface area contributed by atoms with Crippen molar-refractivity contribution < 1.29 is 0 Å². The maximum absolute atomic E-state index is 2.44. The summed E-state index contributed by atoms with van der Waals surface area (Å²) in [5.41, 5.74) is 14.3. The fourth-order valence-corrected chi connectivity index (χ4v) is 7.48. The van der Waals surface area contributed by atoms with Crippen molar-refractivity contribution in [2.24, 2.45) is 0 Å². The predicted molar refractivity (Wildman–Crippen MR) is 217 cm³/mol. The topological polar surface area (TPSA) is 0 Å². The van der Waals surface area contributed by atoms with Gasteiger partial charge in [-0.3, -0.25) is 0 Å². The summed E-state index contributed by atoms with van der Waals surface area (Å²) >= 11 is 0. The van der Waals surface area contributed by atoms with Crippen LogP contribution in [0.5, 0.6) is 0 Å². The van der Waals surface area contributed by atoms with Crippen LogP contribution in [-0.2, 0) is 0 Å². The summed E-state index contributed by atoms with van der Waals surface area (Å²) in [6.07, 6.45) is 0. The first kappa shape index (κ1) is 36.6. The SMILES string of the molecule is CC(C)c1c(C(C)c2ccccc2)cccc1C(C)c1ccccc1.CC(C)c1ccc(C(C)c2ccccc2)cc1C(C)c1ccccc1. The van der Waals surface area contributed by atoms with Crippen LogP contribution in [-0.4, -0.2) is 0 Å². The first-order valence-electron chi connectivity index (χ1n) is 18.6. The van der Waals surface area contributed by atoms with Crippen molar-refractivity contribution in [1.29, 1.82) is 0 Å². The zero-order valence-corrected chi connectivity index (χ0v) is 31.5. The van der Waals surface area contributed by atoms with E-state index in [0.29, 0.717) is 35.5 Å². The van der Waals surface area contributed by atoms with Crippen LogP contribution in [0, 0.1) is 0 Å². The number of hydrogen-bond acceptors (Lipinski definition) is 0. The summed E-state index contributed by atoms with van der Waals surface area (Å²) in [6.45, 7) is 18.5. The van der Waals surface area contributed by atoms with Crippen molar-refractivity contribution in [2.45, 2.75) is 90.9 Å². The Morgan fingerprint density at radius 2 is 0.620 bits per heavy atom. The van der Waals surface area contributed by atoms with Gasteiger partial charge in [-0.15, -0.1) is 0 Å². The lowest BCUT2D eigenvalue weighted by molar-refractivity contribution is 0.774. The molecule has 0 heteroatoms. The molecule has 0 aliphatic rings. The summed E-state index contributed by atoms with van der Waals surface area (Å²) in [4.78, 5) is 0. The first-order valence-corrected chi connectivity index (χ1v) is 18.6. The molecule has 0 amide bonds. The molecule has 6 aromatic carbocycles. The molecule has 0 spiro atoms. The van der Waals surface area contributed by atoms with Crippen molar-refractivity contribution in [1.82, 2.24) is 0 Å². The molecule has 0 N–H and O–H groups in total. The maximum atomic E-state index is 2.44. The van der Waals surface area contributed by atoms with Crippen LogP contribution in [0.25, 0.3) is 0 Å². The second-order valence-electron chi connectivity index (χ2n) is 14.6. The summed E-state index contributed by atoms with van der Waals surface area (Å²) in [7, 11) is 0. The van der Waals surface area contributed by atoms with E-state index in [2.05, 4.69) is 213 Å². The molecule has 0 bridgehead atoms. The molecular weight excluding hydrogens is 601 g/mol. The van der Waals surface area contributed by atoms with E-state index < -0.39 is 0 Å². The van der Waals surface area contributed by atoms with Gasteiger partial charge in [-0.2, -0.15) is 0 Å².